The van der Waals surface area contributed by atoms with Gasteiger partial charge < -0.3 is 5.11 Å². The Morgan fingerprint density at radius 1 is 1.46 bits per heavy atom. The van der Waals surface area contributed by atoms with Gasteiger partial charge in [-0.3, -0.25) is 9.56 Å². The number of fused-ring (bicyclic) bond motifs is 1. The molecule has 3 rings (SSSR count). The number of nitrogens with zero attached hydrogens (tertiary/aromatic N) is 4. The molecule has 142 valence electrons. The van der Waals surface area contributed by atoms with Gasteiger partial charge in [0.2, 0.25) is 0 Å². The third kappa shape index (κ3) is 3.39. The van der Waals surface area contributed by atoms with Crippen molar-refractivity contribution in [2.24, 2.45) is 10.9 Å². The molecule has 7 nitrogen and oxygen atoms in total. The Morgan fingerprint density at radius 3 is 2.73 bits per heavy atom. The average molecular weight is 397 g/mol. The molecule has 3 atom stereocenters. The number of carbonyl (C=O) groups is 1. The maximum Gasteiger partial charge on any atom is 0.392 e. The Morgan fingerprint density at radius 2 is 2.15 bits per heavy atom. The third-order valence-electron chi connectivity index (χ3n) is 4.32. The van der Waals surface area contributed by atoms with Crippen LogP contribution in [0.25, 0.3) is 0 Å². The van der Waals surface area contributed by atoms with Crippen LogP contribution in [-0.4, -0.2) is 50.0 Å². The van der Waals surface area contributed by atoms with Crippen LogP contribution in [0.15, 0.2) is 20.9 Å². The number of aromatic nitrogens is 3. The fourth-order valence-electron chi connectivity index (χ4n) is 3.12. The zero-order valence-corrected chi connectivity index (χ0v) is 13.8. The van der Waals surface area contributed by atoms with Crippen LogP contribution in [0.1, 0.15) is 18.3 Å². The number of rotatable bonds is 3. The first-order chi connectivity index (χ1) is 12.0. The molecule has 0 radical (unpaired) electrons. The molecule has 0 saturated carbocycles. The molecule has 1 aromatic heterocycles. The predicted octanol–water partition coefficient (Wildman–Crippen LogP) is 1.71. The van der Waals surface area contributed by atoms with Crippen LogP contribution in [0.2, 0.25) is 0 Å². The first-order valence-corrected chi connectivity index (χ1v) is 7.93. The fourth-order valence-corrected chi connectivity index (χ4v) is 3.38. The molecule has 1 N–H and O–H groups in total. The minimum atomic E-state index is -4.63. The van der Waals surface area contributed by atoms with Crippen LogP contribution in [-0.2, 0) is 17.8 Å². The summed E-state index contributed by atoms with van der Waals surface area (Å²) in [6.07, 6.45) is -3.81. The minimum absolute atomic E-state index is 0.0105. The Kier molecular flexibility index (Phi) is 4.45. The fraction of sp³-hybridized carbons (Fsp3) is 0.571. The summed E-state index contributed by atoms with van der Waals surface area (Å²) < 4.78 is 55.2. The maximum atomic E-state index is 14.8. The highest BCUT2D eigenvalue weighted by molar-refractivity contribution is 6.39. The van der Waals surface area contributed by atoms with Gasteiger partial charge in [0.05, 0.1) is 24.0 Å². The molecule has 3 heterocycles. The van der Waals surface area contributed by atoms with Crippen LogP contribution in [0.5, 0.6) is 0 Å². The average Bonchev–Trinajstić information content (AvgIpc) is 2.80. The highest BCUT2D eigenvalue weighted by Gasteiger charge is 2.47. The van der Waals surface area contributed by atoms with Crippen molar-refractivity contribution in [3.05, 3.63) is 27.4 Å². The zero-order chi connectivity index (χ0) is 19.3. The van der Waals surface area contributed by atoms with Crippen LogP contribution < -0.4 is 5.69 Å². The number of aliphatic imine (C=N–C) groups is 1. The largest absolute Gasteiger partial charge is 0.480 e. The molecule has 0 aromatic carbocycles. The molecule has 0 amide bonds. The molecule has 0 spiro atoms. The number of hydrogen-bond acceptors (Lipinski definition) is 4. The predicted molar refractivity (Wildman–Crippen MR) is 82.2 cm³/mol. The number of hydrogen-bond donors (Lipinski definition) is 1. The molecule has 12 heteroatoms. The van der Waals surface area contributed by atoms with Gasteiger partial charge in [0, 0.05) is 12.6 Å². The Labute approximate surface area is 148 Å². The third-order valence-corrected chi connectivity index (χ3v) is 4.52. The highest BCUT2D eigenvalue weighted by Crippen LogP contribution is 2.38. The first-order valence-electron chi connectivity index (χ1n) is 7.55. The van der Waals surface area contributed by atoms with E-state index in [2.05, 4.69) is 10.1 Å². The van der Waals surface area contributed by atoms with Crippen molar-refractivity contribution >= 4 is 23.8 Å². The summed E-state index contributed by atoms with van der Waals surface area (Å²) in [4.78, 5) is 27.5. The van der Waals surface area contributed by atoms with Gasteiger partial charge in [-0.25, -0.2) is 18.7 Å². The van der Waals surface area contributed by atoms with E-state index in [-0.39, 0.29) is 17.4 Å². The molecule has 26 heavy (non-hydrogen) atoms. The van der Waals surface area contributed by atoms with Gasteiger partial charge in [-0.05, 0) is 12.5 Å². The van der Waals surface area contributed by atoms with E-state index in [1.54, 1.807) is 0 Å². The van der Waals surface area contributed by atoms with Crippen molar-refractivity contribution < 1.29 is 27.5 Å². The molecule has 3 unspecified atom stereocenters. The quantitative estimate of drug-likeness (QED) is 0.788. The van der Waals surface area contributed by atoms with Crippen LogP contribution in [0.4, 0.5) is 17.6 Å². The number of dihydropyridines is 1. The molecule has 0 saturated heterocycles. The lowest BCUT2D eigenvalue weighted by Gasteiger charge is -2.28. The number of allylic oxidation sites excluding steroid dienone is 1. The number of carboxylic acid groups (broad SMARTS) is 1. The number of aliphatic carboxylic acids is 1. The monoisotopic (exact) mass is 396 g/mol. The number of carboxylic acids is 1. The van der Waals surface area contributed by atoms with E-state index < -0.39 is 54.9 Å². The van der Waals surface area contributed by atoms with Crippen molar-refractivity contribution in [2.45, 2.75) is 37.3 Å². The number of alkyl halides is 4. The summed E-state index contributed by atoms with van der Waals surface area (Å²) in [5, 5.41) is 13.0. The lowest BCUT2D eigenvalue weighted by atomic mass is 9.92. The standard InChI is InChI=1S/C14H13ClF4N4O3/c15-8-3-13(16,5-20-4-8)6-22-12(26)23-9(11(24)25)1-7(14(17,18)19)2-10(23)21-22/h3-4,7,9H,1-2,5-6H2,(H,24,25). The SMILES string of the molecule is O=C(O)C1CC(C(F)(F)F)Cc2nn(CC3(F)C=C(Cl)C=NC3)c(=O)n21. The summed E-state index contributed by atoms with van der Waals surface area (Å²) in [6.45, 7) is -0.978. The van der Waals surface area contributed by atoms with Crippen molar-refractivity contribution in [1.29, 1.82) is 0 Å². The Balaban J connectivity index is 1.99. The van der Waals surface area contributed by atoms with Gasteiger partial charge in [-0.1, -0.05) is 11.6 Å². The Hall–Kier alpha value is -2.17. The summed E-state index contributed by atoms with van der Waals surface area (Å²) in [5.41, 5.74) is -3.13. The van der Waals surface area contributed by atoms with E-state index in [0.29, 0.717) is 9.25 Å². The summed E-state index contributed by atoms with van der Waals surface area (Å²) in [6, 6.07) is -1.72. The molecular formula is C14H13ClF4N4O3. The van der Waals surface area contributed by atoms with Crippen molar-refractivity contribution in [3.8, 4) is 0 Å². The van der Waals surface area contributed by atoms with E-state index in [0.717, 1.165) is 6.08 Å². The lowest BCUT2D eigenvalue weighted by molar-refractivity contribution is -0.183. The van der Waals surface area contributed by atoms with Gasteiger partial charge in [0.25, 0.3) is 0 Å². The van der Waals surface area contributed by atoms with Gasteiger partial charge in [-0.2, -0.15) is 18.3 Å². The lowest BCUT2D eigenvalue weighted by Crippen LogP contribution is -2.42. The molecule has 0 fully saturated rings. The van der Waals surface area contributed by atoms with Gasteiger partial charge >= 0.3 is 17.8 Å². The summed E-state index contributed by atoms with van der Waals surface area (Å²) in [7, 11) is 0. The number of halogens is 5. The van der Waals surface area contributed by atoms with Gasteiger partial charge in [0.15, 0.2) is 5.67 Å². The zero-order valence-electron chi connectivity index (χ0n) is 13.1. The molecule has 2 aliphatic rings. The van der Waals surface area contributed by atoms with Crippen molar-refractivity contribution in [1.82, 2.24) is 14.3 Å². The first kappa shape index (κ1) is 18.6. The van der Waals surface area contributed by atoms with Gasteiger partial charge in [-0.15, -0.1) is 0 Å². The molecule has 0 aliphatic carbocycles. The van der Waals surface area contributed by atoms with Crippen LogP contribution >= 0.6 is 11.6 Å². The van der Waals surface area contributed by atoms with Crippen LogP contribution in [0.3, 0.4) is 0 Å². The minimum Gasteiger partial charge on any atom is -0.480 e. The second kappa shape index (κ2) is 6.22. The normalized spacial score (nSPS) is 28.6. The topological polar surface area (TPSA) is 89.5 Å². The molecule has 2 aliphatic heterocycles. The van der Waals surface area contributed by atoms with E-state index in [9.17, 15) is 32.3 Å². The van der Waals surface area contributed by atoms with E-state index in [1.807, 2.05) is 0 Å². The van der Waals surface area contributed by atoms with E-state index in [1.165, 1.54) is 6.21 Å². The molecular weight excluding hydrogens is 384 g/mol. The van der Waals surface area contributed by atoms with Crippen molar-refractivity contribution in [3.63, 3.8) is 0 Å². The smallest absolute Gasteiger partial charge is 0.392 e. The van der Waals surface area contributed by atoms with E-state index >= 15 is 0 Å². The highest BCUT2D eigenvalue weighted by atomic mass is 35.5. The molecule has 0 bridgehead atoms. The van der Waals surface area contributed by atoms with Crippen molar-refractivity contribution in [2.75, 3.05) is 6.54 Å². The second-order valence-corrected chi connectivity index (χ2v) is 6.73. The second-order valence-electron chi connectivity index (χ2n) is 6.29. The van der Waals surface area contributed by atoms with E-state index in [4.69, 9.17) is 11.6 Å². The summed E-state index contributed by atoms with van der Waals surface area (Å²) >= 11 is 5.70. The molecule has 1 aromatic rings. The van der Waals surface area contributed by atoms with Crippen LogP contribution in [0, 0.1) is 5.92 Å². The summed E-state index contributed by atoms with van der Waals surface area (Å²) in [5.74, 6) is -3.87. The van der Waals surface area contributed by atoms with Gasteiger partial charge in [0.1, 0.15) is 11.9 Å². The Bertz CT molecular complexity index is 859. The maximum absolute atomic E-state index is 14.8.